The Morgan fingerprint density at radius 1 is 1.17 bits per heavy atom. The Hall–Kier alpha value is -1.70. The topological polar surface area (TPSA) is 24.1 Å². The lowest BCUT2D eigenvalue weighted by atomic mass is 10.1. The van der Waals surface area contributed by atoms with Crippen LogP contribution in [0.3, 0.4) is 0 Å². The Morgan fingerprint density at radius 2 is 1.89 bits per heavy atom. The third kappa shape index (κ3) is 5.58. The fourth-order valence-corrected chi connectivity index (χ4v) is 1.84. The summed E-state index contributed by atoms with van der Waals surface area (Å²) < 4.78 is 0. The molecular weight excluding hydrogens is 220 g/mol. The van der Waals surface area contributed by atoms with Crippen LogP contribution in [-0.4, -0.2) is 0 Å². The second kappa shape index (κ2) is 8.40. The van der Waals surface area contributed by atoms with E-state index in [0.29, 0.717) is 0 Å². The van der Waals surface area contributed by atoms with Crippen molar-refractivity contribution in [3.63, 3.8) is 0 Å². The zero-order valence-corrected chi connectivity index (χ0v) is 11.3. The number of hydrogen-bond acceptors (Lipinski definition) is 2. The fraction of sp³-hybridized carbons (Fsp3) is 0.375. The molecule has 0 amide bonds. The summed E-state index contributed by atoms with van der Waals surface area (Å²) in [6, 6.07) is 8.53. The van der Waals surface area contributed by atoms with Crippen molar-refractivity contribution in [3.05, 3.63) is 55.0 Å². The Balaban J connectivity index is 2.37. The fourth-order valence-electron chi connectivity index (χ4n) is 1.84. The first kappa shape index (κ1) is 14.4. The molecule has 0 spiro atoms. The Bertz CT molecular complexity index is 365. The standard InChI is InChI=1S/C16H24N2/c1-4-6-7-8-9-15-10-12-16(13-11-15)18-14(3)17-5-2/h5,10-13,17-18H,2-4,6-9H2,1H3. The highest BCUT2D eigenvalue weighted by Crippen LogP contribution is 2.13. The molecular formula is C16H24N2. The van der Waals surface area contributed by atoms with Crippen molar-refractivity contribution >= 4 is 5.69 Å². The molecule has 0 bridgehead atoms. The average molecular weight is 244 g/mol. The number of rotatable bonds is 9. The molecule has 2 heteroatoms. The summed E-state index contributed by atoms with van der Waals surface area (Å²) in [5.74, 6) is 0.737. The molecule has 0 heterocycles. The molecule has 2 nitrogen and oxygen atoms in total. The van der Waals surface area contributed by atoms with Gasteiger partial charge >= 0.3 is 0 Å². The van der Waals surface area contributed by atoms with E-state index in [4.69, 9.17) is 0 Å². The van der Waals surface area contributed by atoms with Gasteiger partial charge in [0.2, 0.25) is 0 Å². The maximum atomic E-state index is 3.84. The van der Waals surface area contributed by atoms with Crippen molar-refractivity contribution in [2.75, 3.05) is 5.32 Å². The quantitative estimate of drug-likeness (QED) is 0.628. The molecule has 0 unspecified atom stereocenters. The minimum absolute atomic E-state index is 0.737. The lowest BCUT2D eigenvalue weighted by molar-refractivity contribution is 0.667. The van der Waals surface area contributed by atoms with Gasteiger partial charge in [-0.3, -0.25) is 0 Å². The van der Waals surface area contributed by atoms with E-state index in [2.05, 4.69) is 55.0 Å². The molecule has 0 radical (unpaired) electrons. The normalized spacial score (nSPS) is 9.83. The Labute approximate surface area is 111 Å². The van der Waals surface area contributed by atoms with Crippen molar-refractivity contribution in [3.8, 4) is 0 Å². The van der Waals surface area contributed by atoms with Crippen molar-refractivity contribution < 1.29 is 0 Å². The number of hydrogen-bond donors (Lipinski definition) is 2. The smallest absolute Gasteiger partial charge is 0.0997 e. The first-order valence-corrected chi connectivity index (χ1v) is 6.68. The van der Waals surface area contributed by atoms with E-state index in [-0.39, 0.29) is 0 Å². The summed E-state index contributed by atoms with van der Waals surface area (Å²) in [6.45, 7) is 9.67. The van der Waals surface area contributed by atoms with Crippen LogP contribution in [0, 0.1) is 0 Å². The zero-order valence-electron chi connectivity index (χ0n) is 11.3. The van der Waals surface area contributed by atoms with Crippen LogP contribution in [0.15, 0.2) is 49.4 Å². The lowest BCUT2D eigenvalue weighted by Crippen LogP contribution is -2.11. The second-order valence-electron chi connectivity index (χ2n) is 4.46. The summed E-state index contributed by atoms with van der Waals surface area (Å²) in [7, 11) is 0. The molecule has 0 saturated heterocycles. The monoisotopic (exact) mass is 244 g/mol. The SMILES string of the molecule is C=CNC(=C)Nc1ccc(CCCCCC)cc1. The molecule has 0 aliphatic heterocycles. The maximum Gasteiger partial charge on any atom is 0.0997 e. The van der Waals surface area contributed by atoms with Gasteiger partial charge in [0.25, 0.3) is 0 Å². The minimum Gasteiger partial charge on any atom is -0.349 e. The number of aryl methyl sites for hydroxylation is 1. The van der Waals surface area contributed by atoms with Gasteiger partial charge < -0.3 is 10.6 Å². The van der Waals surface area contributed by atoms with Crippen LogP contribution in [0.4, 0.5) is 5.69 Å². The Kier molecular flexibility index (Phi) is 6.70. The van der Waals surface area contributed by atoms with Crippen LogP contribution < -0.4 is 10.6 Å². The summed E-state index contributed by atoms with van der Waals surface area (Å²) in [4.78, 5) is 0. The number of nitrogens with one attached hydrogen (secondary N) is 2. The van der Waals surface area contributed by atoms with E-state index in [0.717, 1.165) is 11.5 Å². The van der Waals surface area contributed by atoms with Crippen LogP contribution >= 0.6 is 0 Å². The first-order chi connectivity index (χ1) is 8.76. The number of anilines is 1. The third-order valence-corrected chi connectivity index (χ3v) is 2.84. The molecule has 1 rings (SSSR count). The third-order valence-electron chi connectivity index (χ3n) is 2.84. The largest absolute Gasteiger partial charge is 0.349 e. The molecule has 2 N–H and O–H groups in total. The highest BCUT2D eigenvalue weighted by Gasteiger charge is 1.96. The van der Waals surface area contributed by atoms with Crippen LogP contribution in [0.5, 0.6) is 0 Å². The van der Waals surface area contributed by atoms with E-state index in [1.54, 1.807) is 6.20 Å². The van der Waals surface area contributed by atoms with E-state index >= 15 is 0 Å². The predicted molar refractivity (Wildman–Crippen MR) is 80.4 cm³/mol. The molecule has 1 aromatic rings. The second-order valence-corrected chi connectivity index (χ2v) is 4.46. The van der Waals surface area contributed by atoms with Crippen molar-refractivity contribution in [2.24, 2.45) is 0 Å². The number of unbranched alkanes of at least 4 members (excludes halogenated alkanes) is 3. The lowest BCUT2D eigenvalue weighted by Gasteiger charge is -2.09. The van der Waals surface area contributed by atoms with Gasteiger partial charge in [0, 0.05) is 5.69 Å². The van der Waals surface area contributed by atoms with Gasteiger partial charge in [-0.1, -0.05) is 51.5 Å². The summed E-state index contributed by atoms with van der Waals surface area (Å²) in [5, 5.41) is 6.08. The van der Waals surface area contributed by atoms with Crippen molar-refractivity contribution in [2.45, 2.75) is 39.0 Å². The maximum absolute atomic E-state index is 3.84. The highest BCUT2D eigenvalue weighted by atomic mass is 15.1. The van der Waals surface area contributed by atoms with Crippen LogP contribution in [0.1, 0.15) is 38.2 Å². The van der Waals surface area contributed by atoms with Crippen molar-refractivity contribution in [1.82, 2.24) is 5.32 Å². The first-order valence-electron chi connectivity index (χ1n) is 6.68. The van der Waals surface area contributed by atoms with E-state index in [1.807, 2.05) is 0 Å². The molecule has 1 aromatic carbocycles. The van der Waals surface area contributed by atoms with E-state index in [9.17, 15) is 0 Å². The molecule has 0 aromatic heterocycles. The summed E-state index contributed by atoms with van der Waals surface area (Å²) in [6.07, 6.45) is 8.03. The van der Waals surface area contributed by atoms with Gasteiger partial charge in [-0.15, -0.1) is 0 Å². The van der Waals surface area contributed by atoms with Crippen molar-refractivity contribution in [1.29, 1.82) is 0 Å². The van der Waals surface area contributed by atoms with Gasteiger partial charge in [-0.2, -0.15) is 0 Å². The van der Waals surface area contributed by atoms with Crippen LogP contribution in [0.2, 0.25) is 0 Å². The Morgan fingerprint density at radius 3 is 2.50 bits per heavy atom. The van der Waals surface area contributed by atoms with Gasteiger partial charge in [0.05, 0.1) is 5.82 Å². The molecule has 0 saturated carbocycles. The van der Waals surface area contributed by atoms with Gasteiger partial charge in [-0.25, -0.2) is 0 Å². The average Bonchev–Trinajstić information content (AvgIpc) is 2.37. The van der Waals surface area contributed by atoms with E-state index in [1.165, 1.54) is 37.7 Å². The van der Waals surface area contributed by atoms with Crippen LogP contribution in [0.25, 0.3) is 0 Å². The summed E-state index contributed by atoms with van der Waals surface area (Å²) >= 11 is 0. The van der Waals surface area contributed by atoms with Gasteiger partial charge in [0.1, 0.15) is 0 Å². The number of benzene rings is 1. The van der Waals surface area contributed by atoms with E-state index < -0.39 is 0 Å². The van der Waals surface area contributed by atoms with Gasteiger partial charge in [-0.05, 0) is 36.7 Å². The summed E-state index contributed by atoms with van der Waals surface area (Å²) in [5.41, 5.74) is 2.45. The molecule has 0 aliphatic rings. The molecule has 0 atom stereocenters. The predicted octanol–water partition coefficient (Wildman–Crippen LogP) is 4.43. The highest BCUT2D eigenvalue weighted by molar-refractivity contribution is 5.48. The zero-order chi connectivity index (χ0) is 13.2. The molecule has 0 aliphatic carbocycles. The minimum atomic E-state index is 0.737. The van der Waals surface area contributed by atoms with Crippen LogP contribution in [-0.2, 0) is 6.42 Å². The molecule has 0 fully saturated rings. The molecule has 18 heavy (non-hydrogen) atoms. The van der Waals surface area contributed by atoms with Gasteiger partial charge in [0.15, 0.2) is 0 Å². The molecule has 98 valence electrons.